The van der Waals surface area contributed by atoms with Gasteiger partial charge < -0.3 is 15.2 Å². The summed E-state index contributed by atoms with van der Waals surface area (Å²) >= 11 is 12.3. The molecule has 2 N–H and O–H groups in total. The number of carboxylic acids is 1. The normalized spacial score (nSPS) is 11.2. The molecule has 0 fully saturated rings. The monoisotopic (exact) mass is 417 g/mol. The van der Waals surface area contributed by atoms with Gasteiger partial charge in [0.25, 0.3) is 0 Å². The first-order valence-corrected chi connectivity index (χ1v) is 9.12. The number of methoxy groups -OCH3 is 1. The van der Waals surface area contributed by atoms with Crippen LogP contribution in [0.25, 0.3) is 17.0 Å². The first-order chi connectivity index (χ1) is 13.5. The van der Waals surface area contributed by atoms with Crippen molar-refractivity contribution in [2.45, 2.75) is 13.1 Å². The fourth-order valence-corrected chi connectivity index (χ4v) is 3.14. The number of carboxylic acid groups (broad SMARTS) is 1. The van der Waals surface area contributed by atoms with Gasteiger partial charge in [-0.15, -0.1) is 0 Å². The molecule has 3 rings (SSSR count). The van der Waals surface area contributed by atoms with Crippen molar-refractivity contribution in [2.24, 2.45) is 0 Å². The zero-order chi connectivity index (χ0) is 20.1. The average molecular weight is 418 g/mol. The topological polar surface area (TPSA) is 84.3 Å². The van der Waals surface area contributed by atoms with Crippen LogP contribution in [0.5, 0.6) is 5.75 Å². The van der Waals surface area contributed by atoms with E-state index in [9.17, 15) is 4.79 Å². The van der Waals surface area contributed by atoms with E-state index in [0.717, 1.165) is 22.7 Å². The predicted molar refractivity (Wildman–Crippen MR) is 110 cm³/mol. The van der Waals surface area contributed by atoms with Crippen LogP contribution in [-0.2, 0) is 17.9 Å². The molecule has 28 heavy (non-hydrogen) atoms. The van der Waals surface area contributed by atoms with Crippen molar-refractivity contribution in [1.29, 1.82) is 0 Å². The fourth-order valence-electron chi connectivity index (χ4n) is 2.68. The maximum Gasteiger partial charge on any atom is 0.328 e. The molecular weight excluding hydrogens is 401 g/mol. The van der Waals surface area contributed by atoms with Crippen LogP contribution < -0.4 is 10.1 Å². The van der Waals surface area contributed by atoms with E-state index >= 15 is 0 Å². The van der Waals surface area contributed by atoms with Gasteiger partial charge in [0.1, 0.15) is 5.75 Å². The molecule has 0 bridgehead atoms. The van der Waals surface area contributed by atoms with E-state index in [2.05, 4.69) is 15.3 Å². The van der Waals surface area contributed by atoms with Crippen molar-refractivity contribution < 1.29 is 14.6 Å². The molecule has 0 radical (unpaired) electrons. The Morgan fingerprint density at radius 1 is 1.18 bits per heavy atom. The lowest BCUT2D eigenvalue weighted by Crippen LogP contribution is -2.15. The van der Waals surface area contributed by atoms with Crippen LogP contribution in [0.15, 0.2) is 42.5 Å². The zero-order valence-electron chi connectivity index (χ0n) is 14.9. The number of halogens is 2. The molecule has 0 amide bonds. The van der Waals surface area contributed by atoms with Crippen LogP contribution in [0.3, 0.4) is 0 Å². The van der Waals surface area contributed by atoms with Gasteiger partial charge in [-0.1, -0.05) is 29.3 Å². The van der Waals surface area contributed by atoms with E-state index in [4.69, 9.17) is 33.0 Å². The van der Waals surface area contributed by atoms with E-state index in [1.54, 1.807) is 25.3 Å². The first kappa shape index (κ1) is 20.1. The van der Waals surface area contributed by atoms with Gasteiger partial charge >= 0.3 is 5.97 Å². The molecule has 1 aromatic heterocycles. The second-order valence-corrected chi connectivity index (χ2v) is 6.78. The highest BCUT2D eigenvalue weighted by Gasteiger charge is 2.08. The van der Waals surface area contributed by atoms with Gasteiger partial charge in [0.15, 0.2) is 5.82 Å². The van der Waals surface area contributed by atoms with Crippen molar-refractivity contribution in [3.63, 3.8) is 0 Å². The summed E-state index contributed by atoms with van der Waals surface area (Å²) < 4.78 is 5.16. The molecule has 2 aromatic carbocycles. The summed E-state index contributed by atoms with van der Waals surface area (Å²) in [6, 6.07) is 10.9. The summed E-state index contributed by atoms with van der Waals surface area (Å²) in [6.45, 7) is 1.01. The van der Waals surface area contributed by atoms with E-state index in [1.807, 2.05) is 18.2 Å². The number of ether oxygens (including phenoxy) is 1. The molecule has 144 valence electrons. The summed E-state index contributed by atoms with van der Waals surface area (Å²) in [6.07, 6.45) is 2.37. The Hall–Kier alpha value is -2.67. The molecule has 0 aliphatic carbocycles. The number of carbonyl (C=O) groups is 1. The highest BCUT2D eigenvalue weighted by molar-refractivity contribution is 6.32. The number of rotatable bonds is 7. The molecule has 1 heterocycles. The third-order valence-corrected chi connectivity index (χ3v) is 4.50. The summed E-state index contributed by atoms with van der Waals surface area (Å²) in [7, 11) is 1.57. The van der Waals surface area contributed by atoms with E-state index in [-0.39, 0.29) is 0 Å². The molecular formula is C20H17Cl2N3O3. The molecule has 3 aromatic rings. The van der Waals surface area contributed by atoms with Gasteiger partial charge in [-0.2, -0.15) is 0 Å². The summed E-state index contributed by atoms with van der Waals surface area (Å²) in [4.78, 5) is 19.6. The number of benzene rings is 2. The van der Waals surface area contributed by atoms with Crippen molar-refractivity contribution in [3.05, 3.63) is 69.6 Å². The first-order valence-electron chi connectivity index (χ1n) is 8.36. The average Bonchev–Trinajstić information content (AvgIpc) is 2.67. The summed E-state index contributed by atoms with van der Waals surface area (Å²) in [5.41, 5.74) is 2.40. The SMILES string of the molecule is COc1ccc(CNCc2nc(C=CC(=O)O)nc3ccc(Cl)cc23)cc1Cl. The zero-order valence-corrected chi connectivity index (χ0v) is 16.5. The molecule has 0 aliphatic rings. The minimum Gasteiger partial charge on any atom is -0.495 e. The second kappa shape index (κ2) is 9.01. The van der Waals surface area contributed by atoms with Gasteiger partial charge in [-0.05, 0) is 42.0 Å². The highest BCUT2D eigenvalue weighted by atomic mass is 35.5. The maximum absolute atomic E-state index is 10.8. The summed E-state index contributed by atoms with van der Waals surface area (Å²) in [5, 5.41) is 14.1. The van der Waals surface area contributed by atoms with Crippen molar-refractivity contribution in [1.82, 2.24) is 15.3 Å². The van der Waals surface area contributed by atoms with Crippen molar-refractivity contribution >= 4 is 46.2 Å². The quantitative estimate of drug-likeness (QED) is 0.556. The molecule has 0 atom stereocenters. The molecule has 0 unspecified atom stereocenters. The lowest BCUT2D eigenvalue weighted by atomic mass is 10.1. The smallest absolute Gasteiger partial charge is 0.328 e. The fraction of sp³-hybridized carbons (Fsp3) is 0.150. The van der Waals surface area contributed by atoms with E-state index in [0.29, 0.717) is 40.2 Å². The molecule has 6 nitrogen and oxygen atoms in total. The predicted octanol–water partition coefficient (Wildman–Crippen LogP) is 4.33. The van der Waals surface area contributed by atoms with Crippen molar-refractivity contribution in [2.75, 3.05) is 7.11 Å². The van der Waals surface area contributed by atoms with Crippen LogP contribution in [0.2, 0.25) is 10.0 Å². The Kier molecular flexibility index (Phi) is 6.46. The number of nitrogens with one attached hydrogen (secondary N) is 1. The minimum atomic E-state index is -1.06. The van der Waals surface area contributed by atoms with Gasteiger partial charge in [0, 0.05) is 29.6 Å². The van der Waals surface area contributed by atoms with Gasteiger partial charge in [-0.25, -0.2) is 14.8 Å². The van der Waals surface area contributed by atoms with Crippen LogP contribution in [0.4, 0.5) is 0 Å². The minimum absolute atomic E-state index is 0.321. The van der Waals surface area contributed by atoms with Crippen LogP contribution in [-0.4, -0.2) is 28.2 Å². The lowest BCUT2D eigenvalue weighted by Gasteiger charge is -2.10. The Bertz CT molecular complexity index is 1050. The van der Waals surface area contributed by atoms with Crippen molar-refractivity contribution in [3.8, 4) is 5.75 Å². The highest BCUT2D eigenvalue weighted by Crippen LogP contribution is 2.25. The third kappa shape index (κ3) is 4.98. The van der Waals surface area contributed by atoms with Crippen LogP contribution in [0.1, 0.15) is 17.1 Å². The maximum atomic E-state index is 10.8. The Morgan fingerprint density at radius 3 is 2.71 bits per heavy atom. The number of hydrogen-bond acceptors (Lipinski definition) is 5. The second-order valence-electron chi connectivity index (χ2n) is 5.93. The number of aromatic nitrogens is 2. The van der Waals surface area contributed by atoms with Gasteiger partial charge in [-0.3, -0.25) is 0 Å². The van der Waals surface area contributed by atoms with E-state index < -0.39 is 5.97 Å². The largest absolute Gasteiger partial charge is 0.495 e. The number of fused-ring (bicyclic) bond motifs is 1. The standard InChI is InChI=1S/C20H17Cl2N3O3/c1-28-18-5-2-12(8-15(18)22)10-23-11-17-14-9-13(21)3-4-16(14)24-19(25-17)6-7-20(26)27/h2-9,23H,10-11H2,1H3,(H,26,27). The third-order valence-electron chi connectivity index (χ3n) is 3.97. The molecule has 0 saturated heterocycles. The van der Waals surface area contributed by atoms with Crippen LogP contribution in [0, 0.1) is 0 Å². The summed E-state index contributed by atoms with van der Waals surface area (Å²) in [5.74, 6) is -0.117. The van der Waals surface area contributed by atoms with Crippen LogP contribution >= 0.6 is 23.2 Å². The van der Waals surface area contributed by atoms with E-state index in [1.165, 1.54) is 6.08 Å². The number of nitrogens with zero attached hydrogens (tertiary/aromatic N) is 2. The number of aliphatic carboxylic acids is 1. The molecule has 0 aliphatic heterocycles. The molecule has 8 heteroatoms. The Morgan fingerprint density at radius 2 is 2.00 bits per heavy atom. The number of hydrogen-bond donors (Lipinski definition) is 2. The van der Waals surface area contributed by atoms with Gasteiger partial charge in [0.05, 0.1) is 23.3 Å². The lowest BCUT2D eigenvalue weighted by molar-refractivity contribution is -0.131. The van der Waals surface area contributed by atoms with Gasteiger partial charge in [0.2, 0.25) is 0 Å². The molecule has 0 saturated carbocycles. The Balaban J connectivity index is 1.83. The molecule has 0 spiro atoms. The Labute approximate surface area is 171 Å².